The Morgan fingerprint density at radius 2 is 2.22 bits per heavy atom. The van der Waals surface area contributed by atoms with Crippen LogP contribution in [0.3, 0.4) is 0 Å². The molecule has 0 aromatic heterocycles. The number of nitrogens with one attached hydrogen (secondary N) is 1. The van der Waals surface area contributed by atoms with Gasteiger partial charge in [-0.25, -0.2) is 0 Å². The van der Waals surface area contributed by atoms with Crippen molar-refractivity contribution >= 4 is 5.71 Å². The molecule has 3 nitrogen and oxygen atoms in total. The van der Waals surface area contributed by atoms with Crippen LogP contribution in [0.1, 0.15) is 19.3 Å². The molecule has 0 aromatic carbocycles. The van der Waals surface area contributed by atoms with E-state index in [9.17, 15) is 0 Å². The van der Waals surface area contributed by atoms with E-state index in [1.165, 1.54) is 0 Å². The highest BCUT2D eigenvalue weighted by molar-refractivity contribution is 5.84. The molecule has 0 radical (unpaired) electrons. The second-order valence-electron chi connectivity index (χ2n) is 2.27. The summed E-state index contributed by atoms with van der Waals surface area (Å²) in [4.78, 5) is 0. The van der Waals surface area contributed by atoms with Crippen molar-refractivity contribution in [1.82, 2.24) is 5.32 Å². The van der Waals surface area contributed by atoms with Crippen LogP contribution in [-0.2, 0) is 0 Å². The first-order valence-electron chi connectivity index (χ1n) is 3.34. The van der Waals surface area contributed by atoms with E-state index in [0.29, 0.717) is 0 Å². The number of nitrogens with zero attached hydrogens (tertiary/aromatic N) is 1. The van der Waals surface area contributed by atoms with Gasteiger partial charge in [0.25, 0.3) is 0 Å². The van der Waals surface area contributed by atoms with E-state index in [1.54, 1.807) is 0 Å². The van der Waals surface area contributed by atoms with Gasteiger partial charge in [0, 0.05) is 13.0 Å². The van der Waals surface area contributed by atoms with Gasteiger partial charge in [-0.3, -0.25) is 0 Å². The van der Waals surface area contributed by atoms with Gasteiger partial charge in [0.15, 0.2) is 0 Å². The lowest BCUT2D eigenvalue weighted by atomic mass is 10.2. The van der Waals surface area contributed by atoms with E-state index >= 15 is 0 Å². The summed E-state index contributed by atoms with van der Waals surface area (Å²) in [6.45, 7) is 2.01. The van der Waals surface area contributed by atoms with Crippen molar-refractivity contribution in [2.45, 2.75) is 19.3 Å². The molecule has 1 heterocycles. The molecule has 0 spiro atoms. The van der Waals surface area contributed by atoms with E-state index in [4.69, 9.17) is 5.21 Å². The zero-order valence-electron chi connectivity index (χ0n) is 5.43. The minimum atomic E-state index is 0.899. The fraction of sp³-hybridized carbons (Fsp3) is 0.833. The van der Waals surface area contributed by atoms with Crippen LogP contribution in [0.25, 0.3) is 0 Å². The summed E-state index contributed by atoms with van der Waals surface area (Å²) in [5.74, 6) is 0. The Morgan fingerprint density at radius 3 is 3.00 bits per heavy atom. The molecule has 0 amide bonds. The largest absolute Gasteiger partial charge is 0.411 e. The monoisotopic (exact) mass is 128 g/mol. The van der Waals surface area contributed by atoms with E-state index in [1.807, 2.05) is 0 Å². The van der Waals surface area contributed by atoms with Crippen molar-refractivity contribution in [3.63, 3.8) is 0 Å². The molecule has 9 heavy (non-hydrogen) atoms. The zero-order chi connectivity index (χ0) is 6.53. The lowest BCUT2D eigenvalue weighted by Crippen LogP contribution is -2.13. The molecule has 1 fully saturated rings. The fourth-order valence-electron chi connectivity index (χ4n) is 1.00. The third-order valence-electron chi connectivity index (χ3n) is 1.55. The lowest BCUT2D eigenvalue weighted by Gasteiger charge is -1.93. The fourth-order valence-corrected chi connectivity index (χ4v) is 1.00. The van der Waals surface area contributed by atoms with Gasteiger partial charge in [-0.15, -0.1) is 0 Å². The van der Waals surface area contributed by atoms with E-state index in [-0.39, 0.29) is 0 Å². The van der Waals surface area contributed by atoms with Crippen molar-refractivity contribution in [2.75, 3.05) is 13.1 Å². The lowest BCUT2D eigenvalue weighted by molar-refractivity contribution is 0.316. The molecule has 0 aliphatic carbocycles. The highest BCUT2D eigenvalue weighted by Gasteiger charge is 2.03. The second-order valence-corrected chi connectivity index (χ2v) is 2.27. The number of hydrogen-bond acceptors (Lipinski definition) is 3. The Bertz CT molecular complexity index is 102. The SMILES string of the molecule is ON=C1CCCNCC1. The number of hydrogen-bond donors (Lipinski definition) is 2. The summed E-state index contributed by atoms with van der Waals surface area (Å²) in [6, 6.07) is 0. The molecule has 2 N–H and O–H groups in total. The molecule has 1 aliphatic heterocycles. The predicted molar refractivity (Wildman–Crippen MR) is 35.9 cm³/mol. The van der Waals surface area contributed by atoms with Gasteiger partial charge in [-0.2, -0.15) is 0 Å². The van der Waals surface area contributed by atoms with E-state index < -0.39 is 0 Å². The van der Waals surface area contributed by atoms with Crippen LogP contribution in [0.5, 0.6) is 0 Å². The molecular weight excluding hydrogens is 116 g/mol. The molecule has 1 aliphatic rings. The van der Waals surface area contributed by atoms with Crippen molar-refractivity contribution in [3.05, 3.63) is 0 Å². The molecule has 3 heteroatoms. The van der Waals surface area contributed by atoms with Gasteiger partial charge in [0.1, 0.15) is 0 Å². The maximum atomic E-state index is 8.38. The van der Waals surface area contributed by atoms with Gasteiger partial charge in [0.2, 0.25) is 0 Å². The summed E-state index contributed by atoms with van der Waals surface area (Å²) in [5, 5.41) is 14.8. The van der Waals surface area contributed by atoms with Crippen LogP contribution in [0.15, 0.2) is 5.16 Å². The minimum absolute atomic E-state index is 0.899. The minimum Gasteiger partial charge on any atom is -0.411 e. The van der Waals surface area contributed by atoms with Gasteiger partial charge in [-0.1, -0.05) is 5.16 Å². The Kier molecular flexibility index (Phi) is 2.51. The van der Waals surface area contributed by atoms with Crippen LogP contribution in [0.2, 0.25) is 0 Å². The standard InChI is InChI=1S/C6H12N2O/c9-8-6-2-1-4-7-5-3-6/h7,9H,1-5H2. The zero-order valence-corrected chi connectivity index (χ0v) is 5.43. The summed E-state index contributed by atoms with van der Waals surface area (Å²) >= 11 is 0. The average Bonchev–Trinajstić information content (AvgIpc) is 2.13. The van der Waals surface area contributed by atoms with Crippen molar-refractivity contribution in [2.24, 2.45) is 5.16 Å². The molecule has 1 rings (SSSR count). The maximum Gasteiger partial charge on any atom is 0.0583 e. The topological polar surface area (TPSA) is 44.6 Å². The molecule has 0 bridgehead atoms. The molecule has 1 saturated heterocycles. The quantitative estimate of drug-likeness (QED) is 0.370. The number of oxime groups is 1. The Hall–Kier alpha value is -0.570. The van der Waals surface area contributed by atoms with Crippen molar-refractivity contribution in [3.8, 4) is 0 Å². The van der Waals surface area contributed by atoms with E-state index in [2.05, 4.69) is 10.5 Å². The van der Waals surface area contributed by atoms with Crippen LogP contribution in [-0.4, -0.2) is 24.0 Å². The first kappa shape index (κ1) is 6.55. The molecule has 0 saturated carbocycles. The van der Waals surface area contributed by atoms with Gasteiger partial charge < -0.3 is 10.5 Å². The first-order valence-corrected chi connectivity index (χ1v) is 3.34. The van der Waals surface area contributed by atoms with Gasteiger partial charge >= 0.3 is 0 Å². The summed E-state index contributed by atoms with van der Waals surface area (Å²) < 4.78 is 0. The molecule has 0 unspecified atom stereocenters. The summed E-state index contributed by atoms with van der Waals surface area (Å²) in [6.07, 6.45) is 2.94. The summed E-state index contributed by atoms with van der Waals surface area (Å²) in [7, 11) is 0. The molecular formula is C6H12N2O. The molecule has 0 aromatic rings. The Labute approximate surface area is 54.8 Å². The highest BCUT2D eigenvalue weighted by Crippen LogP contribution is 1.99. The predicted octanol–water partition coefficient (Wildman–Crippen LogP) is 0.590. The molecule has 0 atom stereocenters. The normalized spacial score (nSPS) is 26.0. The van der Waals surface area contributed by atoms with Crippen LogP contribution < -0.4 is 5.32 Å². The smallest absolute Gasteiger partial charge is 0.0583 e. The van der Waals surface area contributed by atoms with Gasteiger partial charge in [-0.05, 0) is 19.4 Å². The van der Waals surface area contributed by atoms with Gasteiger partial charge in [0.05, 0.1) is 5.71 Å². The Balaban J connectivity index is 2.36. The average molecular weight is 128 g/mol. The summed E-state index contributed by atoms with van der Waals surface area (Å²) in [5.41, 5.74) is 0.931. The highest BCUT2D eigenvalue weighted by atomic mass is 16.4. The van der Waals surface area contributed by atoms with Crippen LogP contribution in [0, 0.1) is 0 Å². The third-order valence-corrected chi connectivity index (χ3v) is 1.55. The molecule has 52 valence electrons. The third kappa shape index (κ3) is 2.01. The van der Waals surface area contributed by atoms with E-state index in [0.717, 1.165) is 38.1 Å². The Morgan fingerprint density at radius 1 is 1.33 bits per heavy atom. The maximum absolute atomic E-state index is 8.38. The first-order chi connectivity index (χ1) is 4.43. The van der Waals surface area contributed by atoms with Crippen molar-refractivity contribution in [1.29, 1.82) is 0 Å². The van der Waals surface area contributed by atoms with Crippen molar-refractivity contribution < 1.29 is 5.21 Å². The van der Waals surface area contributed by atoms with Crippen LogP contribution in [0.4, 0.5) is 0 Å². The second kappa shape index (κ2) is 3.45. The van der Waals surface area contributed by atoms with Crippen LogP contribution >= 0.6 is 0 Å². The number of rotatable bonds is 0.